The van der Waals surface area contributed by atoms with E-state index in [1.54, 1.807) is 30.3 Å². The SMILES string of the molecule is Cc1ccc(NCc2ccc(OCC(=O)Nc3ccc(Cl)c(Cl)c3)c(Cl)c2)cc1Cl. The van der Waals surface area contributed by atoms with Crippen LogP contribution < -0.4 is 15.4 Å². The molecule has 0 saturated heterocycles. The number of hydrogen-bond donors (Lipinski definition) is 2. The fraction of sp³-hybridized carbons (Fsp3) is 0.136. The minimum Gasteiger partial charge on any atom is -0.482 e. The van der Waals surface area contributed by atoms with Crippen LogP contribution in [0, 0.1) is 6.92 Å². The van der Waals surface area contributed by atoms with Gasteiger partial charge in [-0.15, -0.1) is 0 Å². The van der Waals surface area contributed by atoms with Gasteiger partial charge in [0, 0.05) is 22.9 Å². The van der Waals surface area contributed by atoms with Crippen LogP contribution >= 0.6 is 46.4 Å². The standard InChI is InChI=1S/C22H18Cl4N2O2/c1-13-2-4-15(9-18(13)24)27-11-14-3-7-21(20(26)8-14)30-12-22(29)28-16-5-6-17(23)19(25)10-16/h2-10,27H,11-12H2,1H3,(H,28,29). The van der Waals surface area contributed by atoms with Gasteiger partial charge in [-0.3, -0.25) is 4.79 Å². The van der Waals surface area contributed by atoms with Crippen molar-refractivity contribution in [1.82, 2.24) is 0 Å². The van der Waals surface area contributed by atoms with E-state index in [2.05, 4.69) is 10.6 Å². The van der Waals surface area contributed by atoms with Gasteiger partial charge in [-0.05, 0) is 60.5 Å². The van der Waals surface area contributed by atoms with Gasteiger partial charge >= 0.3 is 0 Å². The lowest BCUT2D eigenvalue weighted by Crippen LogP contribution is -2.20. The second kappa shape index (κ2) is 10.3. The molecule has 1 amide bonds. The van der Waals surface area contributed by atoms with E-state index >= 15 is 0 Å². The third-order valence-electron chi connectivity index (χ3n) is 4.23. The van der Waals surface area contributed by atoms with E-state index in [1.807, 2.05) is 31.2 Å². The summed E-state index contributed by atoms with van der Waals surface area (Å²) >= 11 is 24.3. The first-order valence-corrected chi connectivity index (χ1v) is 10.5. The number of carbonyl (C=O) groups excluding carboxylic acids is 1. The molecule has 0 atom stereocenters. The number of carbonyl (C=O) groups is 1. The van der Waals surface area contributed by atoms with E-state index in [1.165, 1.54) is 0 Å². The first-order chi connectivity index (χ1) is 14.3. The maximum absolute atomic E-state index is 12.1. The zero-order chi connectivity index (χ0) is 21.7. The number of nitrogens with one attached hydrogen (secondary N) is 2. The Morgan fingerprint density at radius 3 is 2.27 bits per heavy atom. The van der Waals surface area contributed by atoms with Crippen LogP contribution in [0.2, 0.25) is 20.1 Å². The van der Waals surface area contributed by atoms with Crippen LogP contribution in [-0.2, 0) is 11.3 Å². The molecule has 0 aliphatic heterocycles. The number of rotatable bonds is 7. The van der Waals surface area contributed by atoms with Gasteiger partial charge in [0.1, 0.15) is 5.75 Å². The molecule has 3 rings (SSSR count). The number of aryl methyl sites for hydroxylation is 1. The van der Waals surface area contributed by atoms with Crippen LogP contribution in [0.15, 0.2) is 54.6 Å². The molecule has 0 aliphatic rings. The molecule has 0 aliphatic carbocycles. The number of amides is 1. The summed E-state index contributed by atoms with van der Waals surface area (Å²) in [6, 6.07) is 16.0. The predicted molar refractivity (Wildman–Crippen MR) is 126 cm³/mol. The zero-order valence-electron chi connectivity index (χ0n) is 15.9. The Morgan fingerprint density at radius 2 is 1.57 bits per heavy atom. The second-order valence-electron chi connectivity index (χ2n) is 6.55. The van der Waals surface area contributed by atoms with Crippen molar-refractivity contribution >= 4 is 63.7 Å². The van der Waals surface area contributed by atoms with Crippen molar-refractivity contribution in [2.45, 2.75) is 13.5 Å². The monoisotopic (exact) mass is 482 g/mol. The van der Waals surface area contributed by atoms with Crippen molar-refractivity contribution in [3.05, 3.63) is 85.8 Å². The highest BCUT2D eigenvalue weighted by atomic mass is 35.5. The predicted octanol–water partition coefficient (Wildman–Crippen LogP) is 7.24. The maximum Gasteiger partial charge on any atom is 0.262 e. The Morgan fingerprint density at radius 1 is 0.833 bits per heavy atom. The second-order valence-corrected chi connectivity index (χ2v) is 8.18. The Balaban J connectivity index is 1.53. The van der Waals surface area contributed by atoms with E-state index in [0.717, 1.165) is 16.8 Å². The minimum atomic E-state index is -0.341. The first-order valence-electron chi connectivity index (χ1n) is 8.98. The lowest BCUT2D eigenvalue weighted by molar-refractivity contribution is -0.118. The summed E-state index contributed by atoms with van der Waals surface area (Å²) in [5.41, 5.74) is 3.43. The zero-order valence-corrected chi connectivity index (χ0v) is 19.0. The number of benzene rings is 3. The van der Waals surface area contributed by atoms with Crippen LogP contribution in [0.5, 0.6) is 5.75 Å². The molecule has 0 bridgehead atoms. The van der Waals surface area contributed by atoms with Crippen molar-refractivity contribution in [3.8, 4) is 5.75 Å². The summed E-state index contributed by atoms with van der Waals surface area (Å²) in [5, 5.41) is 7.88. The van der Waals surface area contributed by atoms with E-state index in [9.17, 15) is 4.79 Å². The van der Waals surface area contributed by atoms with Crippen molar-refractivity contribution in [3.63, 3.8) is 0 Å². The molecule has 0 heterocycles. The Labute approximate surface area is 195 Å². The van der Waals surface area contributed by atoms with Crippen molar-refractivity contribution < 1.29 is 9.53 Å². The van der Waals surface area contributed by atoms with Crippen molar-refractivity contribution in [2.24, 2.45) is 0 Å². The largest absolute Gasteiger partial charge is 0.482 e. The van der Waals surface area contributed by atoms with Gasteiger partial charge in [0.15, 0.2) is 6.61 Å². The van der Waals surface area contributed by atoms with Crippen LogP contribution in [0.1, 0.15) is 11.1 Å². The quantitative estimate of drug-likeness (QED) is 0.372. The highest BCUT2D eigenvalue weighted by Gasteiger charge is 2.09. The lowest BCUT2D eigenvalue weighted by atomic mass is 10.2. The highest BCUT2D eigenvalue weighted by Crippen LogP contribution is 2.27. The molecule has 4 nitrogen and oxygen atoms in total. The van der Waals surface area contributed by atoms with Gasteiger partial charge in [0.05, 0.1) is 15.1 Å². The molecule has 0 spiro atoms. The van der Waals surface area contributed by atoms with E-state index in [4.69, 9.17) is 51.1 Å². The molecule has 0 fully saturated rings. The van der Waals surface area contributed by atoms with Crippen LogP contribution in [-0.4, -0.2) is 12.5 Å². The van der Waals surface area contributed by atoms with Gasteiger partial charge < -0.3 is 15.4 Å². The Bertz CT molecular complexity index is 1070. The summed E-state index contributed by atoms with van der Waals surface area (Å²) in [6.45, 7) is 2.33. The van der Waals surface area contributed by atoms with E-state index in [0.29, 0.717) is 38.1 Å². The lowest BCUT2D eigenvalue weighted by Gasteiger charge is -2.12. The average molecular weight is 484 g/mol. The Kier molecular flexibility index (Phi) is 7.73. The summed E-state index contributed by atoms with van der Waals surface area (Å²) in [4.78, 5) is 12.1. The van der Waals surface area contributed by atoms with Crippen molar-refractivity contribution in [1.29, 1.82) is 0 Å². The number of ether oxygens (including phenoxy) is 1. The molecule has 8 heteroatoms. The molecule has 30 heavy (non-hydrogen) atoms. The van der Waals surface area contributed by atoms with Crippen molar-refractivity contribution in [2.75, 3.05) is 17.2 Å². The summed E-state index contributed by atoms with van der Waals surface area (Å²) in [6.07, 6.45) is 0. The molecular formula is C22H18Cl4N2O2. The molecule has 0 unspecified atom stereocenters. The molecule has 2 N–H and O–H groups in total. The first kappa shape index (κ1) is 22.6. The molecule has 3 aromatic rings. The fourth-order valence-electron chi connectivity index (χ4n) is 2.59. The Hall–Kier alpha value is -2.11. The number of anilines is 2. The highest BCUT2D eigenvalue weighted by molar-refractivity contribution is 6.42. The third kappa shape index (κ3) is 6.19. The molecule has 0 aromatic heterocycles. The minimum absolute atomic E-state index is 0.195. The molecule has 0 saturated carbocycles. The molecule has 156 valence electrons. The van der Waals surface area contributed by atoms with E-state index < -0.39 is 0 Å². The van der Waals surface area contributed by atoms with Gasteiger partial charge in [0.2, 0.25) is 0 Å². The summed E-state index contributed by atoms with van der Waals surface area (Å²) in [5.74, 6) is 0.0783. The normalized spacial score (nSPS) is 10.6. The van der Waals surface area contributed by atoms with Crippen LogP contribution in [0.4, 0.5) is 11.4 Å². The molecular weight excluding hydrogens is 466 g/mol. The smallest absolute Gasteiger partial charge is 0.262 e. The van der Waals surface area contributed by atoms with Gasteiger partial charge in [0.25, 0.3) is 5.91 Å². The maximum atomic E-state index is 12.1. The van der Waals surface area contributed by atoms with Crippen LogP contribution in [0.3, 0.4) is 0 Å². The summed E-state index contributed by atoms with van der Waals surface area (Å²) in [7, 11) is 0. The van der Waals surface area contributed by atoms with Crippen LogP contribution in [0.25, 0.3) is 0 Å². The van der Waals surface area contributed by atoms with Gasteiger partial charge in [-0.25, -0.2) is 0 Å². The fourth-order valence-corrected chi connectivity index (χ4v) is 3.33. The average Bonchev–Trinajstić information content (AvgIpc) is 2.71. The topological polar surface area (TPSA) is 50.4 Å². The summed E-state index contributed by atoms with van der Waals surface area (Å²) < 4.78 is 5.53. The number of hydrogen-bond acceptors (Lipinski definition) is 3. The number of halogens is 4. The third-order valence-corrected chi connectivity index (χ3v) is 5.67. The molecule has 3 aromatic carbocycles. The molecule has 0 radical (unpaired) electrons. The van der Waals surface area contributed by atoms with E-state index in [-0.39, 0.29) is 12.5 Å². The van der Waals surface area contributed by atoms with Gasteiger partial charge in [-0.1, -0.05) is 58.5 Å². The van der Waals surface area contributed by atoms with Gasteiger partial charge in [-0.2, -0.15) is 0 Å².